The maximum atomic E-state index is 6.45. The Hall–Kier alpha value is 0.0500. The van der Waals surface area contributed by atoms with Crippen LogP contribution in [0.1, 0.15) is 53.9 Å². The smallest absolute Gasteiger partial charge is 0.105 e. The molecule has 1 nitrogen and oxygen atoms in total. The molecule has 0 saturated carbocycles. The van der Waals surface area contributed by atoms with Crippen LogP contribution in [0.15, 0.2) is 12.2 Å². The van der Waals surface area contributed by atoms with Crippen molar-refractivity contribution in [3.8, 4) is 0 Å². The number of ether oxygens (including phenoxy) is 1. The van der Waals surface area contributed by atoms with E-state index in [0.29, 0.717) is 29.3 Å². The van der Waals surface area contributed by atoms with Gasteiger partial charge in [-0.2, -0.15) is 0 Å². The highest BCUT2D eigenvalue weighted by Crippen LogP contribution is 2.30. The maximum Gasteiger partial charge on any atom is 0.105 e. The summed E-state index contributed by atoms with van der Waals surface area (Å²) in [4.78, 5) is 0. The Morgan fingerprint density at radius 3 is 2.33 bits per heavy atom. The molecular formula is C16H30OS. The second-order valence-corrected chi connectivity index (χ2v) is 7.35. The molecule has 0 aliphatic carbocycles. The molecule has 3 atom stereocenters. The molecule has 0 aromatic heterocycles. The van der Waals surface area contributed by atoms with Crippen LogP contribution in [0.3, 0.4) is 0 Å². The average molecular weight is 270 g/mol. The third kappa shape index (κ3) is 5.36. The monoisotopic (exact) mass is 270 g/mol. The van der Waals surface area contributed by atoms with Crippen molar-refractivity contribution in [1.82, 2.24) is 0 Å². The lowest BCUT2D eigenvalue weighted by atomic mass is 9.90. The highest BCUT2D eigenvalue weighted by Gasteiger charge is 2.26. The molecule has 0 aromatic carbocycles. The summed E-state index contributed by atoms with van der Waals surface area (Å²) in [7, 11) is 0. The zero-order valence-electron chi connectivity index (χ0n) is 12.7. The molecule has 0 spiro atoms. The number of hydrogen-bond donors (Lipinski definition) is 0. The summed E-state index contributed by atoms with van der Waals surface area (Å²) in [6.45, 7) is 11.5. The van der Waals surface area contributed by atoms with Crippen LogP contribution < -0.4 is 0 Å². The van der Waals surface area contributed by atoms with Gasteiger partial charge in [0.25, 0.3) is 0 Å². The van der Waals surface area contributed by atoms with Crippen molar-refractivity contribution in [2.24, 2.45) is 17.8 Å². The summed E-state index contributed by atoms with van der Waals surface area (Å²) in [6, 6.07) is 0. The standard InChI is InChI=1S/C16H30OS/c1-12(2)15-14(5)10-8-6-7-9-11-18-16(17-15)13(3)4/h6-7,12-16H,8-11H2,1-5H3/b7-6-. The number of allylic oxidation sites excluding steroid dienone is 2. The van der Waals surface area contributed by atoms with Gasteiger partial charge in [-0.1, -0.05) is 46.8 Å². The van der Waals surface area contributed by atoms with E-state index in [9.17, 15) is 0 Å². The Morgan fingerprint density at radius 2 is 1.72 bits per heavy atom. The second-order valence-electron chi connectivity index (χ2n) is 6.14. The lowest BCUT2D eigenvalue weighted by molar-refractivity contribution is -0.0430. The minimum Gasteiger partial charge on any atom is -0.364 e. The van der Waals surface area contributed by atoms with Crippen molar-refractivity contribution in [3.05, 3.63) is 12.2 Å². The van der Waals surface area contributed by atoms with Gasteiger partial charge < -0.3 is 4.74 Å². The second kappa shape index (κ2) is 8.27. The predicted molar refractivity (Wildman–Crippen MR) is 83.0 cm³/mol. The summed E-state index contributed by atoms with van der Waals surface area (Å²) >= 11 is 1.99. The fraction of sp³-hybridized carbons (Fsp3) is 0.875. The Kier molecular flexibility index (Phi) is 7.40. The SMILES string of the molecule is CC(C)C1OC(C(C)C)C(C)CC/C=C\CCS1. The van der Waals surface area contributed by atoms with Crippen LogP contribution in [-0.2, 0) is 4.74 Å². The van der Waals surface area contributed by atoms with E-state index in [0.717, 1.165) is 0 Å². The quantitative estimate of drug-likeness (QED) is 0.644. The van der Waals surface area contributed by atoms with Crippen LogP contribution in [0.5, 0.6) is 0 Å². The third-order valence-electron chi connectivity index (χ3n) is 3.58. The number of thioether (sulfide) groups is 1. The van der Waals surface area contributed by atoms with Crippen molar-refractivity contribution in [2.45, 2.75) is 65.4 Å². The molecule has 1 heterocycles. The average Bonchev–Trinajstić information content (AvgIpc) is 2.33. The summed E-state index contributed by atoms with van der Waals surface area (Å²) in [5.74, 6) is 3.02. The Bertz CT molecular complexity index is 247. The van der Waals surface area contributed by atoms with Crippen LogP contribution in [0.2, 0.25) is 0 Å². The van der Waals surface area contributed by atoms with E-state index in [2.05, 4.69) is 46.8 Å². The summed E-state index contributed by atoms with van der Waals surface area (Å²) < 4.78 is 6.45. The van der Waals surface area contributed by atoms with Crippen molar-refractivity contribution in [2.75, 3.05) is 5.75 Å². The van der Waals surface area contributed by atoms with Crippen LogP contribution in [0.25, 0.3) is 0 Å². The molecule has 3 unspecified atom stereocenters. The summed E-state index contributed by atoms with van der Waals surface area (Å²) in [5.41, 5.74) is 0.353. The van der Waals surface area contributed by atoms with Crippen LogP contribution in [0, 0.1) is 17.8 Å². The third-order valence-corrected chi connectivity index (χ3v) is 5.03. The first-order valence-corrected chi connectivity index (χ1v) is 8.49. The van der Waals surface area contributed by atoms with Crippen molar-refractivity contribution in [3.63, 3.8) is 0 Å². The molecule has 0 amide bonds. The molecule has 1 rings (SSSR count). The van der Waals surface area contributed by atoms with E-state index in [-0.39, 0.29) is 0 Å². The molecular weight excluding hydrogens is 240 g/mol. The normalized spacial score (nSPS) is 33.4. The van der Waals surface area contributed by atoms with Crippen molar-refractivity contribution >= 4 is 11.8 Å². The molecule has 2 heteroatoms. The molecule has 0 saturated heterocycles. The lowest BCUT2D eigenvalue weighted by Gasteiger charge is -2.33. The highest BCUT2D eigenvalue weighted by atomic mass is 32.2. The van der Waals surface area contributed by atoms with Gasteiger partial charge in [0.15, 0.2) is 0 Å². The maximum absolute atomic E-state index is 6.45. The molecule has 1 aliphatic heterocycles. The van der Waals surface area contributed by atoms with Gasteiger partial charge in [-0.05, 0) is 42.8 Å². The van der Waals surface area contributed by atoms with E-state index in [4.69, 9.17) is 4.74 Å². The predicted octanol–water partition coefficient (Wildman–Crippen LogP) is 5.12. The fourth-order valence-electron chi connectivity index (χ4n) is 2.50. The largest absolute Gasteiger partial charge is 0.364 e. The van der Waals surface area contributed by atoms with Crippen LogP contribution in [0.4, 0.5) is 0 Å². The molecule has 0 radical (unpaired) electrons. The lowest BCUT2D eigenvalue weighted by Crippen LogP contribution is -2.33. The van der Waals surface area contributed by atoms with Gasteiger partial charge in [-0.3, -0.25) is 0 Å². The molecule has 1 aliphatic rings. The van der Waals surface area contributed by atoms with Crippen LogP contribution in [-0.4, -0.2) is 17.3 Å². The Morgan fingerprint density at radius 1 is 1.06 bits per heavy atom. The molecule has 0 aromatic rings. The van der Waals surface area contributed by atoms with Crippen molar-refractivity contribution < 1.29 is 4.74 Å². The van der Waals surface area contributed by atoms with Gasteiger partial charge in [-0.15, -0.1) is 11.8 Å². The van der Waals surface area contributed by atoms with Gasteiger partial charge in [0.2, 0.25) is 0 Å². The first-order valence-electron chi connectivity index (χ1n) is 7.44. The number of hydrogen-bond acceptors (Lipinski definition) is 2. The van der Waals surface area contributed by atoms with Crippen LogP contribution >= 0.6 is 11.8 Å². The van der Waals surface area contributed by atoms with E-state index < -0.39 is 0 Å². The number of rotatable bonds is 2. The summed E-state index contributed by atoms with van der Waals surface area (Å²) in [5, 5.41) is 0. The van der Waals surface area contributed by atoms with E-state index in [1.54, 1.807) is 0 Å². The van der Waals surface area contributed by atoms with Gasteiger partial charge in [0, 0.05) is 0 Å². The highest BCUT2D eigenvalue weighted by molar-refractivity contribution is 7.99. The van der Waals surface area contributed by atoms with Gasteiger partial charge in [0.1, 0.15) is 5.44 Å². The molecule has 0 N–H and O–H groups in total. The van der Waals surface area contributed by atoms with E-state index >= 15 is 0 Å². The zero-order valence-corrected chi connectivity index (χ0v) is 13.5. The topological polar surface area (TPSA) is 9.23 Å². The Labute approximate surface area is 118 Å². The molecule has 0 bridgehead atoms. The van der Waals surface area contributed by atoms with Gasteiger partial charge >= 0.3 is 0 Å². The molecule has 106 valence electrons. The summed E-state index contributed by atoms with van der Waals surface area (Å²) in [6.07, 6.45) is 8.71. The zero-order chi connectivity index (χ0) is 13.5. The minimum atomic E-state index is 0.353. The first kappa shape index (κ1) is 16.1. The minimum absolute atomic E-state index is 0.353. The Balaban J connectivity index is 2.74. The molecule has 18 heavy (non-hydrogen) atoms. The molecule has 0 fully saturated rings. The van der Waals surface area contributed by atoms with Gasteiger partial charge in [-0.25, -0.2) is 0 Å². The fourth-order valence-corrected chi connectivity index (χ4v) is 3.60. The first-order chi connectivity index (χ1) is 8.52. The van der Waals surface area contributed by atoms with E-state index in [1.165, 1.54) is 25.0 Å². The van der Waals surface area contributed by atoms with E-state index in [1.807, 2.05) is 11.8 Å². The van der Waals surface area contributed by atoms with Gasteiger partial charge in [0.05, 0.1) is 6.10 Å². The van der Waals surface area contributed by atoms with Crippen molar-refractivity contribution in [1.29, 1.82) is 0 Å².